The van der Waals surface area contributed by atoms with Gasteiger partial charge in [0.05, 0.1) is 0 Å². The maximum Gasteiger partial charge on any atom is 0.126 e. The number of hydrogen-bond acceptors (Lipinski definition) is 0. The summed E-state index contributed by atoms with van der Waals surface area (Å²) in [5.74, 6) is -0.843. The van der Waals surface area contributed by atoms with Crippen LogP contribution in [0.5, 0.6) is 0 Å². The normalized spacial score (nSPS) is 25.2. The maximum atomic E-state index is 14.6. The summed E-state index contributed by atoms with van der Waals surface area (Å²) in [5.41, 5.74) is 2.32. The van der Waals surface area contributed by atoms with E-state index in [1.807, 2.05) is 13.0 Å². The van der Waals surface area contributed by atoms with Crippen LogP contribution in [0.25, 0.3) is 0 Å². The van der Waals surface area contributed by atoms with Crippen LogP contribution in [0.2, 0.25) is 0 Å². The minimum atomic E-state index is -1.02. The van der Waals surface area contributed by atoms with Crippen molar-refractivity contribution in [2.45, 2.75) is 44.2 Å². The number of benzene rings is 2. The van der Waals surface area contributed by atoms with Gasteiger partial charge < -0.3 is 0 Å². The lowest BCUT2D eigenvalue weighted by Crippen LogP contribution is -2.24. The minimum absolute atomic E-state index is 0.0766. The lowest BCUT2D eigenvalue weighted by molar-refractivity contribution is 0.197. The SMILES string of the molecule is Cc1ccc([C@@H]2CCC(c3ccc(F)cc3)C(F)C2)c(F)c1. The van der Waals surface area contributed by atoms with E-state index in [9.17, 15) is 13.2 Å². The Bertz CT molecular complexity index is 648. The highest BCUT2D eigenvalue weighted by atomic mass is 19.1. The smallest absolute Gasteiger partial charge is 0.126 e. The molecule has 1 fully saturated rings. The van der Waals surface area contributed by atoms with Gasteiger partial charge >= 0.3 is 0 Å². The fourth-order valence-electron chi connectivity index (χ4n) is 3.45. The molecule has 3 heteroatoms. The van der Waals surface area contributed by atoms with E-state index >= 15 is 0 Å². The molecule has 1 saturated carbocycles. The predicted molar refractivity (Wildman–Crippen MR) is 81.8 cm³/mol. The monoisotopic (exact) mass is 304 g/mol. The van der Waals surface area contributed by atoms with Crippen LogP contribution in [-0.2, 0) is 0 Å². The lowest BCUT2D eigenvalue weighted by atomic mass is 9.75. The molecule has 3 atom stereocenters. The van der Waals surface area contributed by atoms with Gasteiger partial charge in [-0.25, -0.2) is 13.2 Å². The highest BCUT2D eigenvalue weighted by Gasteiger charge is 2.33. The third-order valence-electron chi connectivity index (χ3n) is 4.67. The van der Waals surface area contributed by atoms with E-state index in [-0.39, 0.29) is 23.5 Å². The number of hydrogen-bond donors (Lipinski definition) is 0. The van der Waals surface area contributed by atoms with Crippen LogP contribution in [-0.4, -0.2) is 6.17 Å². The highest BCUT2D eigenvalue weighted by Crippen LogP contribution is 2.42. The van der Waals surface area contributed by atoms with E-state index in [2.05, 4.69) is 0 Å². The zero-order chi connectivity index (χ0) is 15.7. The Balaban J connectivity index is 1.75. The van der Waals surface area contributed by atoms with Gasteiger partial charge in [0.15, 0.2) is 0 Å². The maximum absolute atomic E-state index is 14.6. The Kier molecular flexibility index (Phi) is 4.23. The van der Waals surface area contributed by atoms with Gasteiger partial charge in [0.1, 0.15) is 17.8 Å². The van der Waals surface area contributed by atoms with E-state index in [1.165, 1.54) is 18.2 Å². The molecule has 2 unspecified atom stereocenters. The molecule has 0 aromatic heterocycles. The molecular weight excluding hydrogens is 285 g/mol. The summed E-state index contributed by atoms with van der Waals surface area (Å²) in [6.45, 7) is 1.84. The summed E-state index contributed by atoms with van der Waals surface area (Å²) < 4.78 is 41.6. The van der Waals surface area contributed by atoms with E-state index in [1.54, 1.807) is 18.2 Å². The van der Waals surface area contributed by atoms with Crippen LogP contribution in [0.15, 0.2) is 42.5 Å². The molecule has 1 aliphatic carbocycles. The lowest BCUT2D eigenvalue weighted by Gasteiger charge is -2.32. The second-order valence-corrected chi connectivity index (χ2v) is 6.21. The molecule has 0 radical (unpaired) electrons. The average molecular weight is 304 g/mol. The Morgan fingerprint density at radius 1 is 0.955 bits per heavy atom. The summed E-state index contributed by atoms with van der Waals surface area (Å²) in [6.07, 6.45) is 0.708. The fourth-order valence-corrected chi connectivity index (χ4v) is 3.45. The van der Waals surface area contributed by atoms with Crippen molar-refractivity contribution in [3.63, 3.8) is 0 Å². The van der Waals surface area contributed by atoms with E-state index in [0.29, 0.717) is 18.4 Å². The number of aryl methyl sites for hydroxylation is 1. The summed E-state index contributed by atoms with van der Waals surface area (Å²) >= 11 is 0. The third-order valence-corrected chi connectivity index (χ3v) is 4.67. The van der Waals surface area contributed by atoms with E-state index < -0.39 is 6.17 Å². The van der Waals surface area contributed by atoms with Gasteiger partial charge in [-0.2, -0.15) is 0 Å². The average Bonchev–Trinajstić information content (AvgIpc) is 2.48. The minimum Gasteiger partial charge on any atom is -0.247 e. The zero-order valence-electron chi connectivity index (χ0n) is 12.5. The summed E-state index contributed by atoms with van der Waals surface area (Å²) in [6, 6.07) is 11.2. The number of rotatable bonds is 2. The molecule has 3 rings (SSSR count). The van der Waals surface area contributed by atoms with Gasteiger partial charge in [0.25, 0.3) is 0 Å². The van der Waals surface area contributed by atoms with Crippen LogP contribution in [0.1, 0.15) is 47.8 Å². The van der Waals surface area contributed by atoms with Crippen LogP contribution in [0.4, 0.5) is 13.2 Å². The van der Waals surface area contributed by atoms with Crippen LogP contribution >= 0.6 is 0 Å². The zero-order valence-corrected chi connectivity index (χ0v) is 12.5. The molecule has 1 aliphatic rings. The Morgan fingerprint density at radius 3 is 2.32 bits per heavy atom. The van der Waals surface area contributed by atoms with Gasteiger partial charge in [0, 0.05) is 5.92 Å². The van der Waals surface area contributed by atoms with Crippen molar-refractivity contribution in [2.24, 2.45) is 0 Å². The largest absolute Gasteiger partial charge is 0.247 e. The molecule has 2 aromatic carbocycles. The van der Waals surface area contributed by atoms with Crippen molar-refractivity contribution in [1.82, 2.24) is 0 Å². The van der Waals surface area contributed by atoms with Crippen molar-refractivity contribution < 1.29 is 13.2 Å². The molecule has 0 aliphatic heterocycles. The van der Waals surface area contributed by atoms with Gasteiger partial charge in [-0.05, 0) is 67.0 Å². The first-order valence-electron chi connectivity index (χ1n) is 7.70. The molecule has 2 aromatic rings. The quantitative estimate of drug-likeness (QED) is 0.671. The molecule has 0 heterocycles. The second-order valence-electron chi connectivity index (χ2n) is 6.21. The summed E-state index contributed by atoms with van der Waals surface area (Å²) in [7, 11) is 0. The molecule has 22 heavy (non-hydrogen) atoms. The van der Waals surface area contributed by atoms with Crippen molar-refractivity contribution in [3.05, 3.63) is 70.8 Å². The van der Waals surface area contributed by atoms with Gasteiger partial charge in [-0.1, -0.05) is 24.3 Å². The van der Waals surface area contributed by atoms with Crippen molar-refractivity contribution in [2.75, 3.05) is 0 Å². The topological polar surface area (TPSA) is 0 Å². The first-order chi connectivity index (χ1) is 10.5. The Hall–Kier alpha value is -1.77. The first-order valence-corrected chi connectivity index (χ1v) is 7.70. The Labute approximate surface area is 129 Å². The standard InChI is InChI=1S/C19H19F3/c1-12-2-8-17(18(21)10-12)14-5-9-16(19(22)11-14)13-3-6-15(20)7-4-13/h2-4,6-8,10,14,16,19H,5,9,11H2,1H3/t14-,16?,19?/m1/s1. The van der Waals surface area contributed by atoms with E-state index in [4.69, 9.17) is 0 Å². The van der Waals surface area contributed by atoms with E-state index in [0.717, 1.165) is 17.5 Å². The van der Waals surface area contributed by atoms with Crippen LogP contribution < -0.4 is 0 Å². The second kappa shape index (κ2) is 6.15. The van der Waals surface area contributed by atoms with Gasteiger partial charge in [0.2, 0.25) is 0 Å². The predicted octanol–water partition coefficient (Wildman–Crippen LogP) is 5.66. The third kappa shape index (κ3) is 3.03. The van der Waals surface area contributed by atoms with Crippen LogP contribution in [0, 0.1) is 18.6 Å². The van der Waals surface area contributed by atoms with Crippen molar-refractivity contribution in [3.8, 4) is 0 Å². The van der Waals surface area contributed by atoms with Crippen molar-refractivity contribution >= 4 is 0 Å². The molecule has 116 valence electrons. The summed E-state index contributed by atoms with van der Waals surface area (Å²) in [4.78, 5) is 0. The molecule has 0 amide bonds. The molecule has 0 bridgehead atoms. The summed E-state index contributed by atoms with van der Waals surface area (Å²) in [5, 5.41) is 0. The van der Waals surface area contributed by atoms with Crippen molar-refractivity contribution in [1.29, 1.82) is 0 Å². The highest BCUT2D eigenvalue weighted by molar-refractivity contribution is 5.29. The van der Waals surface area contributed by atoms with Crippen LogP contribution in [0.3, 0.4) is 0 Å². The Morgan fingerprint density at radius 2 is 1.68 bits per heavy atom. The fraction of sp³-hybridized carbons (Fsp3) is 0.368. The molecule has 0 nitrogen and oxygen atoms in total. The molecule has 0 saturated heterocycles. The van der Waals surface area contributed by atoms with Gasteiger partial charge in [-0.15, -0.1) is 0 Å². The molecule has 0 N–H and O–H groups in total. The number of halogens is 3. The molecule has 0 spiro atoms. The molecular formula is C19H19F3. The van der Waals surface area contributed by atoms with Gasteiger partial charge in [-0.3, -0.25) is 0 Å². The number of alkyl halides is 1. The first kappa shape index (κ1) is 15.1.